The molecule has 0 aliphatic carbocycles. The molecule has 0 aromatic carbocycles. The lowest BCUT2D eigenvalue weighted by Crippen LogP contribution is -2.12. The van der Waals surface area contributed by atoms with Crippen molar-refractivity contribution in [2.24, 2.45) is 5.92 Å². The molecule has 0 bridgehead atoms. The molecule has 0 fully saturated rings. The number of unbranched alkanes of at least 4 members (excludes halogenated alkanes) is 10. The lowest BCUT2D eigenvalue weighted by molar-refractivity contribution is -0.119. The van der Waals surface area contributed by atoms with Crippen LogP contribution in [0.1, 0.15) is 90.9 Å². The van der Waals surface area contributed by atoms with Gasteiger partial charge in [0.25, 0.3) is 6.21 Å². The number of Topliss-reactive ketones (excluding diaryl/α,β-unsaturated/α-hetero) is 1. The third-order valence-corrected chi connectivity index (χ3v) is 3.89. The molecule has 0 heterocycles. The van der Waals surface area contributed by atoms with E-state index in [9.17, 15) is 4.79 Å². The normalized spacial score (nSPS) is 11.9. The summed E-state index contributed by atoms with van der Waals surface area (Å²) in [6.45, 7) is 3.81. The van der Waals surface area contributed by atoms with Gasteiger partial charge in [0, 0.05) is 0 Å². The molecular formula is C17H32N2O. The van der Waals surface area contributed by atoms with Gasteiger partial charge >= 0.3 is 0 Å². The molecule has 1 atom stereocenters. The minimum atomic E-state index is -0.196. The first-order valence-corrected chi connectivity index (χ1v) is 8.40. The van der Waals surface area contributed by atoms with Crippen molar-refractivity contribution in [2.45, 2.75) is 90.9 Å². The number of carbonyl (C=O) groups excluding carboxylic acids is 1. The molecule has 0 spiro atoms. The van der Waals surface area contributed by atoms with E-state index < -0.39 is 0 Å². The smallest absolute Gasteiger partial charge is 0.267 e. The highest BCUT2D eigenvalue weighted by Crippen LogP contribution is 2.14. The van der Waals surface area contributed by atoms with Crippen LogP contribution >= 0.6 is 0 Å². The van der Waals surface area contributed by atoms with E-state index >= 15 is 0 Å². The van der Waals surface area contributed by atoms with Gasteiger partial charge < -0.3 is 5.53 Å². The Labute approximate surface area is 124 Å². The summed E-state index contributed by atoms with van der Waals surface area (Å²) in [5.41, 5.74) is 8.48. The largest absolute Gasteiger partial charge is 0.362 e. The topological polar surface area (TPSA) is 53.5 Å². The van der Waals surface area contributed by atoms with Crippen LogP contribution in [0.4, 0.5) is 0 Å². The number of ketones is 1. The summed E-state index contributed by atoms with van der Waals surface area (Å²) in [5.74, 6) is -0.103. The van der Waals surface area contributed by atoms with Gasteiger partial charge in [-0.15, -0.1) is 0 Å². The molecule has 20 heavy (non-hydrogen) atoms. The van der Waals surface area contributed by atoms with E-state index in [4.69, 9.17) is 5.53 Å². The van der Waals surface area contributed by atoms with Gasteiger partial charge in [-0.25, -0.2) is 0 Å². The Morgan fingerprint density at radius 1 is 0.950 bits per heavy atom. The minimum Gasteiger partial charge on any atom is -0.362 e. The van der Waals surface area contributed by atoms with Gasteiger partial charge in [0.05, 0.1) is 0 Å². The van der Waals surface area contributed by atoms with Gasteiger partial charge in [-0.2, -0.15) is 4.79 Å². The maximum atomic E-state index is 11.2. The van der Waals surface area contributed by atoms with Crippen molar-refractivity contribution in [3.8, 4) is 0 Å². The van der Waals surface area contributed by atoms with Crippen LogP contribution in [0.5, 0.6) is 0 Å². The summed E-state index contributed by atoms with van der Waals surface area (Å²) in [7, 11) is 0. The zero-order valence-corrected chi connectivity index (χ0v) is 13.4. The van der Waals surface area contributed by atoms with Crippen molar-refractivity contribution < 1.29 is 9.58 Å². The van der Waals surface area contributed by atoms with E-state index in [-0.39, 0.29) is 11.7 Å². The molecule has 0 aliphatic rings. The van der Waals surface area contributed by atoms with Gasteiger partial charge in [0.15, 0.2) is 0 Å². The second-order valence-corrected chi connectivity index (χ2v) is 5.81. The lowest BCUT2D eigenvalue weighted by Gasteiger charge is -2.04. The van der Waals surface area contributed by atoms with E-state index in [1.807, 2.05) is 0 Å². The van der Waals surface area contributed by atoms with Crippen LogP contribution in [0, 0.1) is 5.92 Å². The molecule has 0 rings (SSSR count). The number of hydrogen-bond donors (Lipinski definition) is 0. The molecule has 0 N–H and O–H groups in total. The quantitative estimate of drug-likeness (QED) is 0.187. The number of carbonyl (C=O) groups is 1. The van der Waals surface area contributed by atoms with Gasteiger partial charge in [-0.05, 0) is 13.3 Å². The summed E-state index contributed by atoms with van der Waals surface area (Å²) in [4.78, 5) is 14.2. The second-order valence-electron chi connectivity index (χ2n) is 5.81. The summed E-state index contributed by atoms with van der Waals surface area (Å²) in [5, 5.41) is 0. The molecule has 0 amide bonds. The van der Waals surface area contributed by atoms with Gasteiger partial charge in [-0.3, -0.25) is 4.79 Å². The van der Waals surface area contributed by atoms with Crippen LogP contribution in [0.15, 0.2) is 0 Å². The van der Waals surface area contributed by atoms with Crippen LogP contribution in [0.2, 0.25) is 0 Å². The van der Waals surface area contributed by atoms with E-state index in [1.54, 1.807) is 6.92 Å². The zero-order chi connectivity index (χ0) is 15.1. The number of hydrogen-bond acceptors (Lipinski definition) is 1. The average Bonchev–Trinajstić information content (AvgIpc) is 2.43. The van der Waals surface area contributed by atoms with E-state index in [2.05, 4.69) is 11.7 Å². The number of nitrogens with zero attached hydrogens (tertiary/aromatic N) is 2. The molecular weight excluding hydrogens is 248 g/mol. The van der Waals surface area contributed by atoms with Crippen molar-refractivity contribution in [2.75, 3.05) is 0 Å². The Kier molecular flexibility index (Phi) is 13.8. The van der Waals surface area contributed by atoms with Crippen molar-refractivity contribution in [3.63, 3.8) is 0 Å². The van der Waals surface area contributed by atoms with Crippen molar-refractivity contribution >= 4 is 12.0 Å². The Balaban J connectivity index is 3.31. The summed E-state index contributed by atoms with van der Waals surface area (Å²) >= 11 is 0. The molecule has 0 aliphatic heterocycles. The van der Waals surface area contributed by atoms with Gasteiger partial charge in [0.1, 0.15) is 11.7 Å². The molecule has 0 saturated heterocycles. The third kappa shape index (κ3) is 12.1. The van der Waals surface area contributed by atoms with Crippen molar-refractivity contribution in [1.29, 1.82) is 0 Å². The van der Waals surface area contributed by atoms with Gasteiger partial charge in [0.2, 0.25) is 0 Å². The molecule has 3 nitrogen and oxygen atoms in total. The van der Waals surface area contributed by atoms with Crippen molar-refractivity contribution in [1.82, 2.24) is 0 Å². The third-order valence-electron chi connectivity index (χ3n) is 3.89. The van der Waals surface area contributed by atoms with Crippen LogP contribution in [-0.2, 0) is 4.79 Å². The molecule has 116 valence electrons. The van der Waals surface area contributed by atoms with Crippen LogP contribution in [0.3, 0.4) is 0 Å². The fraction of sp³-hybridized carbons (Fsp3) is 0.882. The highest BCUT2D eigenvalue weighted by molar-refractivity contribution is 5.91. The highest BCUT2D eigenvalue weighted by atomic mass is 16.1. The molecule has 0 saturated carbocycles. The van der Waals surface area contributed by atoms with Crippen LogP contribution in [0.25, 0.3) is 5.53 Å². The summed E-state index contributed by atoms with van der Waals surface area (Å²) in [6, 6.07) is 0. The molecule has 1 unspecified atom stereocenters. The Morgan fingerprint density at radius 2 is 1.40 bits per heavy atom. The summed E-state index contributed by atoms with van der Waals surface area (Å²) < 4.78 is 0. The highest BCUT2D eigenvalue weighted by Gasteiger charge is 2.14. The van der Waals surface area contributed by atoms with E-state index in [1.165, 1.54) is 70.4 Å². The fourth-order valence-electron chi connectivity index (χ4n) is 2.49. The second kappa shape index (κ2) is 14.5. The Bertz CT molecular complexity index is 281. The standard InChI is InChI=1S/C17H32N2O/c1-3-4-5-6-7-8-9-10-11-12-13-14-17(15-19-18)16(2)20/h15,17H,3-14H2,1-2H3. The maximum Gasteiger partial charge on any atom is 0.267 e. The summed E-state index contributed by atoms with van der Waals surface area (Å²) in [6.07, 6.45) is 16.6. The first kappa shape index (κ1) is 19.1. The number of rotatable bonds is 14. The predicted molar refractivity (Wildman–Crippen MR) is 84.9 cm³/mol. The van der Waals surface area contributed by atoms with Gasteiger partial charge in [-0.1, -0.05) is 77.6 Å². The van der Waals surface area contributed by atoms with E-state index in [0.29, 0.717) is 0 Å². The first-order chi connectivity index (χ1) is 9.72. The Morgan fingerprint density at radius 3 is 1.80 bits per heavy atom. The molecule has 0 aromatic rings. The first-order valence-electron chi connectivity index (χ1n) is 8.40. The average molecular weight is 280 g/mol. The lowest BCUT2D eigenvalue weighted by atomic mass is 9.98. The molecule has 3 heteroatoms. The maximum absolute atomic E-state index is 11.2. The minimum absolute atomic E-state index is 0.0925. The molecule has 0 radical (unpaired) electrons. The monoisotopic (exact) mass is 280 g/mol. The predicted octanol–water partition coefficient (Wildman–Crippen LogP) is 5.19. The Hall–Kier alpha value is -0.950. The molecule has 0 aromatic heterocycles. The SMILES string of the molecule is CCCCCCCCCCCCCC(C=[N+]=[N-])C(C)=O. The zero-order valence-electron chi connectivity index (χ0n) is 13.4. The van der Waals surface area contributed by atoms with E-state index in [0.717, 1.165) is 12.8 Å². The van der Waals surface area contributed by atoms with Crippen molar-refractivity contribution in [3.05, 3.63) is 5.53 Å². The fourth-order valence-corrected chi connectivity index (χ4v) is 2.49. The van der Waals surface area contributed by atoms with Crippen LogP contribution in [-0.4, -0.2) is 16.8 Å². The van der Waals surface area contributed by atoms with Crippen LogP contribution < -0.4 is 0 Å².